The Morgan fingerprint density at radius 1 is 0.969 bits per heavy atom. The maximum atomic E-state index is 13.9. The summed E-state index contributed by atoms with van der Waals surface area (Å²) in [7, 11) is 3.00. The van der Waals surface area contributed by atoms with Crippen molar-refractivity contribution in [3.63, 3.8) is 0 Å². The van der Waals surface area contributed by atoms with Gasteiger partial charge in [-0.3, -0.25) is 4.79 Å². The summed E-state index contributed by atoms with van der Waals surface area (Å²) in [5, 5.41) is 8.31. The normalized spacial score (nSPS) is 10.5. The zero-order valence-electron chi connectivity index (χ0n) is 17.4. The predicted molar refractivity (Wildman–Crippen MR) is 125 cm³/mol. The number of rotatable bonds is 7. The Kier molecular flexibility index (Phi) is 6.32. The number of ether oxygens (including phenoxy) is 2. The third-order valence-corrected chi connectivity index (χ3v) is 5.45. The van der Waals surface area contributed by atoms with Gasteiger partial charge in [-0.2, -0.15) is 0 Å². The van der Waals surface area contributed by atoms with Crippen LogP contribution in [0.5, 0.6) is 11.5 Å². The number of hydrogen-bond acceptors (Lipinski definition) is 6. The van der Waals surface area contributed by atoms with E-state index in [4.69, 9.17) is 9.47 Å². The number of carbonyl (C=O) groups excluding carboxylic acids is 1. The van der Waals surface area contributed by atoms with Crippen LogP contribution in [0, 0.1) is 5.82 Å². The summed E-state index contributed by atoms with van der Waals surface area (Å²) in [6.07, 6.45) is 0. The van der Waals surface area contributed by atoms with Gasteiger partial charge in [0.2, 0.25) is 0 Å². The number of anilines is 3. The van der Waals surface area contributed by atoms with Crippen molar-refractivity contribution < 1.29 is 18.7 Å². The van der Waals surface area contributed by atoms with Gasteiger partial charge >= 0.3 is 0 Å². The highest BCUT2D eigenvalue weighted by molar-refractivity contribution is 7.14. The van der Waals surface area contributed by atoms with Gasteiger partial charge in [0.15, 0.2) is 5.13 Å². The van der Waals surface area contributed by atoms with Crippen molar-refractivity contribution >= 4 is 33.8 Å². The molecule has 0 saturated carbocycles. The lowest BCUT2D eigenvalue weighted by atomic mass is 10.1. The topological polar surface area (TPSA) is 72.5 Å². The molecule has 0 spiro atoms. The number of nitrogens with zero attached hydrogens (tertiary/aromatic N) is 1. The van der Waals surface area contributed by atoms with E-state index in [-0.39, 0.29) is 11.7 Å². The lowest BCUT2D eigenvalue weighted by molar-refractivity contribution is 0.102. The second-order valence-corrected chi connectivity index (χ2v) is 7.57. The van der Waals surface area contributed by atoms with Crippen LogP contribution in [0.1, 0.15) is 10.4 Å². The molecule has 32 heavy (non-hydrogen) atoms. The summed E-state index contributed by atoms with van der Waals surface area (Å²) >= 11 is 1.37. The van der Waals surface area contributed by atoms with Crippen LogP contribution in [0.15, 0.2) is 72.1 Å². The highest BCUT2D eigenvalue weighted by Crippen LogP contribution is 2.31. The van der Waals surface area contributed by atoms with E-state index in [2.05, 4.69) is 15.6 Å². The molecule has 2 N–H and O–H groups in total. The fourth-order valence-corrected chi connectivity index (χ4v) is 3.90. The Morgan fingerprint density at radius 2 is 1.69 bits per heavy atom. The molecule has 0 fully saturated rings. The van der Waals surface area contributed by atoms with Crippen LogP contribution in [0.25, 0.3) is 11.3 Å². The Balaban J connectivity index is 1.55. The molecule has 0 aliphatic carbocycles. The molecule has 0 radical (unpaired) electrons. The lowest BCUT2D eigenvalue weighted by Gasteiger charge is -2.13. The predicted octanol–water partition coefficient (Wildman–Crippen LogP) is 5.96. The smallest absolute Gasteiger partial charge is 0.263 e. The summed E-state index contributed by atoms with van der Waals surface area (Å²) in [5.74, 6) is 0.139. The van der Waals surface area contributed by atoms with Gasteiger partial charge in [-0.05, 0) is 36.4 Å². The van der Waals surface area contributed by atoms with Crippen molar-refractivity contribution in [1.29, 1.82) is 0 Å². The summed E-state index contributed by atoms with van der Waals surface area (Å²) in [6, 6.07) is 18.9. The van der Waals surface area contributed by atoms with Crippen molar-refractivity contribution in [2.24, 2.45) is 0 Å². The Bertz CT molecular complexity index is 1240. The summed E-state index contributed by atoms with van der Waals surface area (Å²) in [6.45, 7) is 0. The Hall–Kier alpha value is -3.91. The molecule has 162 valence electrons. The number of benzene rings is 3. The number of methoxy groups -OCH3 is 2. The van der Waals surface area contributed by atoms with E-state index < -0.39 is 0 Å². The summed E-state index contributed by atoms with van der Waals surface area (Å²) < 4.78 is 24.5. The van der Waals surface area contributed by atoms with Gasteiger partial charge in [0, 0.05) is 16.6 Å². The molecule has 1 amide bonds. The first kappa shape index (κ1) is 21.3. The molecule has 3 aromatic carbocycles. The average molecular weight is 450 g/mol. The van der Waals surface area contributed by atoms with E-state index in [1.165, 1.54) is 31.6 Å². The highest BCUT2D eigenvalue weighted by Gasteiger charge is 2.18. The molecule has 0 atom stereocenters. The summed E-state index contributed by atoms with van der Waals surface area (Å²) in [5.41, 5.74) is 2.79. The standard InChI is InChI=1S/C24H20FN3O3S/c1-30-20-11-6-12-21(31-2)22(20)23(29)26-16-8-5-7-15(13-16)19-14-32-24(28-19)27-18-10-4-3-9-17(18)25/h3-14H,1-2H3,(H,26,29)(H,27,28). The van der Waals surface area contributed by atoms with Crippen molar-refractivity contribution in [3.05, 3.63) is 83.5 Å². The van der Waals surface area contributed by atoms with Crippen molar-refractivity contribution in [2.45, 2.75) is 0 Å². The summed E-state index contributed by atoms with van der Waals surface area (Å²) in [4.78, 5) is 17.5. The van der Waals surface area contributed by atoms with Crippen LogP contribution in [-0.2, 0) is 0 Å². The van der Waals surface area contributed by atoms with Crippen LogP contribution >= 0.6 is 11.3 Å². The van der Waals surface area contributed by atoms with Gasteiger partial charge in [0.1, 0.15) is 22.9 Å². The fraction of sp³-hybridized carbons (Fsp3) is 0.0833. The van der Waals surface area contributed by atoms with E-state index in [9.17, 15) is 9.18 Å². The minimum absolute atomic E-state index is 0.313. The third-order valence-electron chi connectivity index (χ3n) is 4.69. The van der Waals surface area contributed by atoms with Crippen LogP contribution in [0.4, 0.5) is 20.9 Å². The zero-order chi connectivity index (χ0) is 22.5. The molecule has 1 aromatic heterocycles. The number of thiazole rings is 1. The first-order valence-electron chi connectivity index (χ1n) is 9.69. The van der Waals surface area contributed by atoms with Crippen LogP contribution in [0.3, 0.4) is 0 Å². The van der Waals surface area contributed by atoms with Crippen LogP contribution in [-0.4, -0.2) is 25.1 Å². The van der Waals surface area contributed by atoms with Crippen molar-refractivity contribution in [1.82, 2.24) is 4.98 Å². The quantitative estimate of drug-likeness (QED) is 0.364. The van der Waals surface area contributed by atoms with Gasteiger partial charge in [-0.25, -0.2) is 9.37 Å². The lowest BCUT2D eigenvalue weighted by Crippen LogP contribution is -2.14. The number of aromatic nitrogens is 1. The minimum Gasteiger partial charge on any atom is -0.496 e. The first-order chi connectivity index (χ1) is 15.6. The molecular weight excluding hydrogens is 429 g/mol. The molecule has 6 nitrogen and oxygen atoms in total. The molecule has 0 saturated heterocycles. The van der Waals surface area contributed by atoms with Crippen molar-refractivity contribution in [2.75, 3.05) is 24.9 Å². The molecular formula is C24H20FN3O3S. The molecule has 0 aliphatic rings. The number of amides is 1. The van der Waals surface area contributed by atoms with E-state index in [0.29, 0.717) is 39.3 Å². The van der Waals surface area contributed by atoms with Gasteiger partial charge in [-0.1, -0.05) is 30.3 Å². The maximum absolute atomic E-state index is 13.9. The van der Waals surface area contributed by atoms with E-state index in [0.717, 1.165) is 5.56 Å². The van der Waals surface area contributed by atoms with Crippen LogP contribution < -0.4 is 20.1 Å². The molecule has 1 heterocycles. The van der Waals surface area contributed by atoms with E-state index in [1.807, 2.05) is 23.6 Å². The molecule has 0 unspecified atom stereocenters. The van der Waals surface area contributed by atoms with E-state index in [1.54, 1.807) is 42.5 Å². The molecule has 8 heteroatoms. The van der Waals surface area contributed by atoms with Crippen molar-refractivity contribution in [3.8, 4) is 22.8 Å². The fourth-order valence-electron chi connectivity index (χ4n) is 3.17. The Morgan fingerprint density at radius 3 is 2.41 bits per heavy atom. The van der Waals surface area contributed by atoms with Gasteiger partial charge in [0.05, 0.1) is 25.6 Å². The molecule has 4 rings (SSSR count). The van der Waals surface area contributed by atoms with Gasteiger partial charge in [0.25, 0.3) is 5.91 Å². The minimum atomic E-state index is -0.350. The van der Waals surface area contributed by atoms with Crippen LogP contribution in [0.2, 0.25) is 0 Å². The van der Waals surface area contributed by atoms with Gasteiger partial charge < -0.3 is 20.1 Å². The highest BCUT2D eigenvalue weighted by atomic mass is 32.1. The number of hydrogen-bond donors (Lipinski definition) is 2. The van der Waals surface area contributed by atoms with Gasteiger partial charge in [-0.15, -0.1) is 11.3 Å². The average Bonchev–Trinajstić information content (AvgIpc) is 3.28. The number of para-hydroxylation sites is 1. The molecule has 0 bridgehead atoms. The Labute approximate surface area is 188 Å². The third kappa shape index (κ3) is 4.55. The number of nitrogens with one attached hydrogen (secondary N) is 2. The largest absolute Gasteiger partial charge is 0.496 e. The maximum Gasteiger partial charge on any atom is 0.263 e. The molecule has 0 aliphatic heterocycles. The first-order valence-corrected chi connectivity index (χ1v) is 10.6. The SMILES string of the molecule is COc1cccc(OC)c1C(=O)Nc1cccc(-c2csc(Nc3ccccc3F)n2)c1. The number of halogens is 1. The number of carbonyl (C=O) groups is 1. The van der Waals surface area contributed by atoms with E-state index >= 15 is 0 Å². The molecule has 4 aromatic rings. The second-order valence-electron chi connectivity index (χ2n) is 6.72. The monoisotopic (exact) mass is 449 g/mol. The second kappa shape index (κ2) is 9.49. The zero-order valence-corrected chi connectivity index (χ0v) is 18.2.